The first kappa shape index (κ1) is 16.5. The summed E-state index contributed by atoms with van der Waals surface area (Å²) < 4.78 is 0. The SMILES string of the molecule is CC(C)c1ccc(C(=O)Nc2cccc(/C=C/C(=O)O)c2)cc1. The number of carboxylic acid groups (broad SMARTS) is 1. The molecule has 2 N–H and O–H groups in total. The molecule has 2 aromatic rings. The van der Waals surface area contributed by atoms with Crippen molar-refractivity contribution in [1.82, 2.24) is 0 Å². The Labute approximate surface area is 135 Å². The molecule has 0 spiro atoms. The van der Waals surface area contributed by atoms with E-state index in [4.69, 9.17) is 5.11 Å². The van der Waals surface area contributed by atoms with Crippen LogP contribution < -0.4 is 5.32 Å². The standard InChI is InChI=1S/C19H19NO3/c1-13(2)15-7-9-16(10-8-15)19(23)20-17-5-3-4-14(12-17)6-11-18(21)22/h3-13H,1-2H3,(H,20,23)(H,21,22)/b11-6+. The normalized spacial score (nSPS) is 10.9. The zero-order chi connectivity index (χ0) is 16.8. The average molecular weight is 309 g/mol. The molecule has 2 aromatic carbocycles. The van der Waals surface area contributed by atoms with Gasteiger partial charge in [-0.15, -0.1) is 0 Å². The molecule has 0 saturated carbocycles. The Bertz CT molecular complexity index is 731. The van der Waals surface area contributed by atoms with Gasteiger partial charge in [-0.05, 0) is 47.4 Å². The molecule has 4 nitrogen and oxygen atoms in total. The number of amides is 1. The molecule has 0 bridgehead atoms. The monoisotopic (exact) mass is 309 g/mol. The fraction of sp³-hybridized carbons (Fsp3) is 0.158. The van der Waals surface area contributed by atoms with Crippen molar-refractivity contribution in [3.8, 4) is 0 Å². The van der Waals surface area contributed by atoms with E-state index in [9.17, 15) is 9.59 Å². The summed E-state index contributed by atoms with van der Waals surface area (Å²) in [5.74, 6) is -0.783. The average Bonchev–Trinajstić information content (AvgIpc) is 2.53. The molecule has 0 unspecified atom stereocenters. The fourth-order valence-corrected chi connectivity index (χ4v) is 2.11. The maximum Gasteiger partial charge on any atom is 0.328 e. The van der Waals surface area contributed by atoms with Crippen LogP contribution in [0.2, 0.25) is 0 Å². The lowest BCUT2D eigenvalue weighted by atomic mass is 10.0. The lowest BCUT2D eigenvalue weighted by molar-refractivity contribution is -0.131. The molecule has 0 radical (unpaired) electrons. The van der Waals surface area contributed by atoms with E-state index in [1.165, 1.54) is 11.6 Å². The molecule has 118 valence electrons. The summed E-state index contributed by atoms with van der Waals surface area (Å²) in [6.07, 6.45) is 2.54. The Kier molecular flexibility index (Phi) is 5.31. The van der Waals surface area contributed by atoms with Gasteiger partial charge in [-0.3, -0.25) is 4.79 Å². The Morgan fingerprint density at radius 1 is 1.09 bits per heavy atom. The highest BCUT2D eigenvalue weighted by Crippen LogP contribution is 2.17. The van der Waals surface area contributed by atoms with Crippen LogP contribution in [0.5, 0.6) is 0 Å². The number of aliphatic carboxylic acids is 1. The van der Waals surface area contributed by atoms with Crippen molar-refractivity contribution < 1.29 is 14.7 Å². The number of benzene rings is 2. The molecule has 23 heavy (non-hydrogen) atoms. The molecule has 0 atom stereocenters. The number of anilines is 1. The van der Waals surface area contributed by atoms with Crippen molar-refractivity contribution in [2.75, 3.05) is 5.32 Å². The second kappa shape index (κ2) is 7.40. The lowest BCUT2D eigenvalue weighted by Gasteiger charge is -2.08. The van der Waals surface area contributed by atoms with Gasteiger partial charge >= 0.3 is 5.97 Å². The van der Waals surface area contributed by atoms with Crippen LogP contribution in [0.15, 0.2) is 54.6 Å². The molecule has 0 fully saturated rings. The van der Waals surface area contributed by atoms with Crippen LogP contribution in [0.3, 0.4) is 0 Å². The maximum atomic E-state index is 12.2. The first-order chi connectivity index (χ1) is 11.0. The molecular formula is C19H19NO3. The van der Waals surface area contributed by atoms with Gasteiger partial charge in [-0.1, -0.05) is 38.1 Å². The van der Waals surface area contributed by atoms with Gasteiger partial charge < -0.3 is 10.4 Å². The maximum absolute atomic E-state index is 12.2. The smallest absolute Gasteiger partial charge is 0.328 e. The van der Waals surface area contributed by atoms with Gasteiger partial charge in [0.2, 0.25) is 0 Å². The summed E-state index contributed by atoms with van der Waals surface area (Å²) in [7, 11) is 0. The van der Waals surface area contributed by atoms with E-state index in [1.54, 1.807) is 36.4 Å². The van der Waals surface area contributed by atoms with Gasteiger partial charge in [0.1, 0.15) is 0 Å². The minimum Gasteiger partial charge on any atom is -0.478 e. The van der Waals surface area contributed by atoms with E-state index >= 15 is 0 Å². The van der Waals surface area contributed by atoms with Crippen LogP contribution in [-0.4, -0.2) is 17.0 Å². The van der Waals surface area contributed by atoms with Crippen molar-refractivity contribution >= 4 is 23.6 Å². The number of hydrogen-bond acceptors (Lipinski definition) is 2. The van der Waals surface area contributed by atoms with Crippen molar-refractivity contribution in [1.29, 1.82) is 0 Å². The first-order valence-electron chi connectivity index (χ1n) is 7.38. The van der Waals surface area contributed by atoms with E-state index < -0.39 is 5.97 Å². The Morgan fingerprint density at radius 3 is 2.39 bits per heavy atom. The van der Waals surface area contributed by atoms with Crippen LogP contribution in [0.25, 0.3) is 6.08 Å². The van der Waals surface area contributed by atoms with Gasteiger partial charge in [0, 0.05) is 17.3 Å². The van der Waals surface area contributed by atoms with Crippen molar-refractivity contribution in [2.24, 2.45) is 0 Å². The second-order valence-corrected chi connectivity index (χ2v) is 5.53. The Hall–Kier alpha value is -2.88. The second-order valence-electron chi connectivity index (χ2n) is 5.53. The molecular weight excluding hydrogens is 290 g/mol. The third-order valence-electron chi connectivity index (χ3n) is 3.40. The molecule has 0 aromatic heterocycles. The molecule has 0 saturated heterocycles. The summed E-state index contributed by atoms with van der Waals surface area (Å²) in [6.45, 7) is 4.20. The van der Waals surface area contributed by atoms with E-state index in [2.05, 4.69) is 19.2 Å². The Balaban J connectivity index is 2.10. The van der Waals surface area contributed by atoms with E-state index in [0.717, 1.165) is 6.08 Å². The predicted molar refractivity (Wildman–Crippen MR) is 91.6 cm³/mol. The molecule has 0 aliphatic carbocycles. The highest BCUT2D eigenvalue weighted by atomic mass is 16.4. The Morgan fingerprint density at radius 2 is 1.78 bits per heavy atom. The van der Waals surface area contributed by atoms with Gasteiger partial charge in [0.25, 0.3) is 5.91 Å². The van der Waals surface area contributed by atoms with Crippen LogP contribution >= 0.6 is 0 Å². The number of carbonyl (C=O) groups excluding carboxylic acids is 1. The summed E-state index contributed by atoms with van der Waals surface area (Å²) in [5.41, 5.74) is 3.10. The number of carboxylic acids is 1. The molecule has 4 heteroatoms. The molecule has 1 amide bonds. The number of carbonyl (C=O) groups is 2. The van der Waals surface area contributed by atoms with Crippen molar-refractivity contribution in [2.45, 2.75) is 19.8 Å². The molecule has 0 aliphatic heterocycles. The summed E-state index contributed by atoms with van der Waals surface area (Å²) >= 11 is 0. The molecule has 0 heterocycles. The van der Waals surface area contributed by atoms with Crippen LogP contribution in [0, 0.1) is 0 Å². The fourth-order valence-electron chi connectivity index (χ4n) is 2.11. The minimum absolute atomic E-state index is 0.195. The molecule has 2 rings (SSSR count). The highest BCUT2D eigenvalue weighted by Gasteiger charge is 2.07. The predicted octanol–water partition coefficient (Wildman–Crippen LogP) is 4.16. The van der Waals surface area contributed by atoms with Crippen molar-refractivity contribution in [3.63, 3.8) is 0 Å². The lowest BCUT2D eigenvalue weighted by Crippen LogP contribution is -2.11. The van der Waals surface area contributed by atoms with Crippen LogP contribution in [0.4, 0.5) is 5.69 Å². The zero-order valence-corrected chi connectivity index (χ0v) is 13.1. The van der Waals surface area contributed by atoms with Crippen LogP contribution in [-0.2, 0) is 4.79 Å². The highest BCUT2D eigenvalue weighted by molar-refractivity contribution is 6.04. The third kappa shape index (κ3) is 4.81. The van der Waals surface area contributed by atoms with Gasteiger partial charge in [-0.2, -0.15) is 0 Å². The number of nitrogens with one attached hydrogen (secondary N) is 1. The van der Waals surface area contributed by atoms with Crippen LogP contribution in [0.1, 0.15) is 41.3 Å². The summed E-state index contributed by atoms with van der Waals surface area (Å²) in [5, 5.41) is 11.5. The zero-order valence-electron chi connectivity index (χ0n) is 13.1. The van der Waals surface area contributed by atoms with E-state index in [-0.39, 0.29) is 5.91 Å². The minimum atomic E-state index is -1.01. The third-order valence-corrected chi connectivity index (χ3v) is 3.40. The summed E-state index contributed by atoms with van der Waals surface area (Å²) in [6, 6.07) is 14.5. The first-order valence-corrected chi connectivity index (χ1v) is 7.38. The largest absolute Gasteiger partial charge is 0.478 e. The quantitative estimate of drug-likeness (QED) is 0.815. The summed E-state index contributed by atoms with van der Waals surface area (Å²) in [4.78, 5) is 22.8. The topological polar surface area (TPSA) is 66.4 Å². The van der Waals surface area contributed by atoms with Crippen molar-refractivity contribution in [3.05, 3.63) is 71.3 Å². The van der Waals surface area contributed by atoms with Gasteiger partial charge in [0.05, 0.1) is 0 Å². The number of rotatable bonds is 5. The van der Waals surface area contributed by atoms with E-state index in [1.807, 2.05) is 12.1 Å². The van der Waals surface area contributed by atoms with Gasteiger partial charge in [0.15, 0.2) is 0 Å². The van der Waals surface area contributed by atoms with E-state index in [0.29, 0.717) is 22.7 Å². The number of hydrogen-bond donors (Lipinski definition) is 2. The van der Waals surface area contributed by atoms with Gasteiger partial charge in [-0.25, -0.2) is 4.79 Å². The molecule has 0 aliphatic rings.